The van der Waals surface area contributed by atoms with E-state index in [9.17, 15) is 9.59 Å². The van der Waals surface area contributed by atoms with E-state index in [4.69, 9.17) is 9.47 Å². The molecule has 0 saturated carbocycles. The van der Waals surface area contributed by atoms with Crippen LogP contribution in [0.5, 0.6) is 11.5 Å². The zero-order chi connectivity index (χ0) is 27.1. The summed E-state index contributed by atoms with van der Waals surface area (Å²) in [5.41, 5.74) is 7.71. The second kappa shape index (κ2) is 9.79. The predicted octanol–water partition coefficient (Wildman–Crippen LogP) is 8.28. The number of benzene rings is 5. The third-order valence-electron chi connectivity index (χ3n) is 7.53. The Labute approximate surface area is 222 Å². The number of rotatable bonds is 4. The Morgan fingerprint density at radius 1 is 0.474 bits per heavy atom. The molecule has 0 spiro atoms. The number of hydrogen-bond donors (Lipinski definition) is 0. The van der Waals surface area contributed by atoms with Crippen molar-refractivity contribution in [2.75, 3.05) is 0 Å². The summed E-state index contributed by atoms with van der Waals surface area (Å²) in [4.78, 5) is 25.6. The van der Waals surface area contributed by atoms with E-state index in [1.165, 1.54) is 11.1 Å². The van der Waals surface area contributed by atoms with Crippen molar-refractivity contribution in [3.63, 3.8) is 0 Å². The molecule has 4 heteroatoms. The van der Waals surface area contributed by atoms with E-state index < -0.39 is 0 Å². The normalized spacial score (nSPS) is 11.1. The molecule has 0 fully saturated rings. The van der Waals surface area contributed by atoms with Gasteiger partial charge in [0.15, 0.2) is 0 Å². The lowest BCUT2D eigenvalue weighted by atomic mass is 10.0. The molecular weight excluding hydrogens is 472 g/mol. The van der Waals surface area contributed by atoms with Crippen molar-refractivity contribution in [2.24, 2.45) is 0 Å². The summed E-state index contributed by atoms with van der Waals surface area (Å²) >= 11 is 0. The van der Waals surface area contributed by atoms with Gasteiger partial charge in [-0.1, -0.05) is 24.3 Å². The fourth-order valence-electron chi connectivity index (χ4n) is 4.79. The van der Waals surface area contributed by atoms with Gasteiger partial charge in [-0.2, -0.15) is 0 Å². The average Bonchev–Trinajstić information content (AvgIpc) is 2.89. The van der Waals surface area contributed by atoms with Gasteiger partial charge in [0.1, 0.15) is 11.5 Å². The van der Waals surface area contributed by atoms with Gasteiger partial charge in [0.2, 0.25) is 0 Å². The zero-order valence-electron chi connectivity index (χ0n) is 22.6. The van der Waals surface area contributed by atoms with Crippen molar-refractivity contribution in [1.29, 1.82) is 0 Å². The molecule has 4 nitrogen and oxygen atoms in total. The Bertz CT molecular complexity index is 1580. The summed E-state index contributed by atoms with van der Waals surface area (Å²) in [6.45, 7) is 12.1. The minimum absolute atomic E-state index is 0.373. The average molecular weight is 503 g/mol. The number of ether oxygens (including phenoxy) is 2. The summed E-state index contributed by atoms with van der Waals surface area (Å²) in [7, 11) is 0. The van der Waals surface area contributed by atoms with Gasteiger partial charge in [-0.05, 0) is 145 Å². The van der Waals surface area contributed by atoms with Gasteiger partial charge in [0.25, 0.3) is 0 Å². The van der Waals surface area contributed by atoms with Crippen LogP contribution >= 0.6 is 0 Å². The lowest BCUT2D eigenvalue weighted by Gasteiger charge is -2.11. The fourth-order valence-corrected chi connectivity index (χ4v) is 4.79. The first-order chi connectivity index (χ1) is 18.1. The molecule has 38 heavy (non-hydrogen) atoms. The number of esters is 2. The van der Waals surface area contributed by atoms with Gasteiger partial charge in [-0.15, -0.1) is 0 Å². The van der Waals surface area contributed by atoms with Crippen molar-refractivity contribution in [3.8, 4) is 11.5 Å². The third kappa shape index (κ3) is 4.78. The minimum atomic E-state index is -0.373. The van der Waals surface area contributed by atoms with E-state index in [0.717, 1.165) is 43.8 Å². The fraction of sp³-hybridized carbons (Fsp3) is 0.176. The zero-order valence-corrected chi connectivity index (χ0v) is 22.6. The van der Waals surface area contributed by atoms with Crippen LogP contribution in [0.1, 0.15) is 54.1 Å². The largest absolute Gasteiger partial charge is 0.423 e. The SMILES string of the molecule is Cc1cc(C(=O)Oc2ccc3c(ccc4cc(OC(=O)c5cc(C)c(C)c(C)c5)ccc43)c2)cc(C)c1C. The topological polar surface area (TPSA) is 52.6 Å². The quantitative estimate of drug-likeness (QED) is 0.141. The highest BCUT2D eigenvalue weighted by molar-refractivity contribution is 6.08. The maximum atomic E-state index is 12.8. The van der Waals surface area contributed by atoms with Gasteiger partial charge >= 0.3 is 11.9 Å². The van der Waals surface area contributed by atoms with Gasteiger partial charge < -0.3 is 9.47 Å². The number of aryl methyl sites for hydroxylation is 4. The second-order valence-electron chi connectivity index (χ2n) is 10.1. The van der Waals surface area contributed by atoms with Crippen LogP contribution in [0, 0.1) is 41.5 Å². The van der Waals surface area contributed by atoms with Crippen LogP contribution in [0.3, 0.4) is 0 Å². The van der Waals surface area contributed by atoms with Crippen LogP contribution in [0.25, 0.3) is 21.5 Å². The van der Waals surface area contributed by atoms with Gasteiger partial charge in [-0.25, -0.2) is 9.59 Å². The molecule has 0 aliphatic heterocycles. The van der Waals surface area contributed by atoms with Crippen LogP contribution in [-0.2, 0) is 0 Å². The maximum absolute atomic E-state index is 12.8. The highest BCUT2D eigenvalue weighted by atomic mass is 16.5. The highest BCUT2D eigenvalue weighted by Crippen LogP contribution is 2.31. The molecule has 0 atom stereocenters. The highest BCUT2D eigenvalue weighted by Gasteiger charge is 2.14. The number of fused-ring (bicyclic) bond motifs is 3. The van der Waals surface area contributed by atoms with Gasteiger partial charge in [0.05, 0.1) is 11.1 Å². The molecule has 0 saturated heterocycles. The standard InChI is InChI=1S/C34H30O4/c1-19-13-27(14-20(2)23(19)5)33(35)37-29-9-11-31-25(17-29)7-8-26-18-30(10-12-32(26)31)38-34(36)28-15-21(3)24(6)22(4)16-28/h7-18H,1-6H3. The molecular formula is C34H30O4. The van der Waals surface area contributed by atoms with E-state index in [-0.39, 0.29) is 11.9 Å². The summed E-state index contributed by atoms with van der Waals surface area (Å²) in [5.74, 6) is 0.238. The molecule has 0 unspecified atom stereocenters. The van der Waals surface area contributed by atoms with Crippen LogP contribution in [0.2, 0.25) is 0 Å². The molecule has 0 bridgehead atoms. The molecule has 5 rings (SSSR count). The molecule has 5 aromatic carbocycles. The molecule has 190 valence electrons. The molecule has 0 heterocycles. The minimum Gasteiger partial charge on any atom is -0.423 e. The van der Waals surface area contributed by atoms with E-state index in [1.807, 2.05) is 114 Å². The van der Waals surface area contributed by atoms with E-state index in [2.05, 4.69) is 0 Å². The number of carbonyl (C=O) groups excluding carboxylic acids is 2. The number of carbonyl (C=O) groups is 2. The molecule has 0 amide bonds. The first kappa shape index (κ1) is 25.2. The Morgan fingerprint density at radius 2 is 0.816 bits per heavy atom. The van der Waals surface area contributed by atoms with Gasteiger partial charge in [-0.3, -0.25) is 0 Å². The summed E-state index contributed by atoms with van der Waals surface area (Å²) in [6, 6.07) is 22.7. The Morgan fingerprint density at radius 3 is 1.16 bits per heavy atom. The molecule has 0 N–H and O–H groups in total. The van der Waals surface area contributed by atoms with Crippen molar-refractivity contribution in [2.45, 2.75) is 41.5 Å². The summed E-state index contributed by atoms with van der Waals surface area (Å²) in [5, 5.41) is 3.95. The van der Waals surface area contributed by atoms with Crippen molar-refractivity contribution < 1.29 is 19.1 Å². The van der Waals surface area contributed by atoms with Crippen molar-refractivity contribution >= 4 is 33.5 Å². The number of hydrogen-bond acceptors (Lipinski definition) is 4. The van der Waals surface area contributed by atoms with Crippen LogP contribution < -0.4 is 9.47 Å². The molecule has 0 radical (unpaired) electrons. The van der Waals surface area contributed by atoms with Crippen molar-refractivity contribution in [3.05, 3.63) is 117 Å². The molecule has 5 aromatic rings. The van der Waals surface area contributed by atoms with Gasteiger partial charge in [0, 0.05) is 0 Å². The van der Waals surface area contributed by atoms with E-state index in [0.29, 0.717) is 22.6 Å². The van der Waals surface area contributed by atoms with Crippen LogP contribution in [0.15, 0.2) is 72.8 Å². The first-order valence-electron chi connectivity index (χ1n) is 12.7. The van der Waals surface area contributed by atoms with E-state index >= 15 is 0 Å². The Balaban J connectivity index is 1.39. The van der Waals surface area contributed by atoms with Crippen LogP contribution in [0.4, 0.5) is 0 Å². The van der Waals surface area contributed by atoms with Crippen molar-refractivity contribution in [1.82, 2.24) is 0 Å². The summed E-state index contributed by atoms with van der Waals surface area (Å²) in [6.07, 6.45) is 0. The maximum Gasteiger partial charge on any atom is 0.343 e. The predicted molar refractivity (Wildman–Crippen MR) is 153 cm³/mol. The lowest BCUT2D eigenvalue weighted by Crippen LogP contribution is -2.10. The lowest BCUT2D eigenvalue weighted by molar-refractivity contribution is 0.0725. The Kier molecular flexibility index (Phi) is 6.50. The molecule has 0 aliphatic carbocycles. The van der Waals surface area contributed by atoms with E-state index in [1.54, 1.807) is 0 Å². The monoisotopic (exact) mass is 502 g/mol. The smallest absolute Gasteiger partial charge is 0.343 e. The second-order valence-corrected chi connectivity index (χ2v) is 10.1. The Hall–Kier alpha value is -4.44. The van der Waals surface area contributed by atoms with Crippen LogP contribution in [-0.4, -0.2) is 11.9 Å². The molecule has 0 aliphatic rings. The third-order valence-corrected chi connectivity index (χ3v) is 7.53. The molecule has 0 aromatic heterocycles. The summed E-state index contributed by atoms with van der Waals surface area (Å²) < 4.78 is 11.4. The first-order valence-corrected chi connectivity index (χ1v) is 12.7.